The van der Waals surface area contributed by atoms with Gasteiger partial charge in [-0.25, -0.2) is 0 Å². The number of aryl methyl sites for hydroxylation is 2. The molecule has 0 atom stereocenters. The molecule has 0 amide bonds. The summed E-state index contributed by atoms with van der Waals surface area (Å²) < 4.78 is 0. The minimum absolute atomic E-state index is 0.000169. The molecular weight excluding hydrogens is 392 g/mol. The molecule has 0 saturated heterocycles. The van der Waals surface area contributed by atoms with Crippen LogP contribution < -0.4 is 0 Å². The molecular formula is C30H44O2. The maximum absolute atomic E-state index is 10.3. The summed E-state index contributed by atoms with van der Waals surface area (Å²) in [6.07, 6.45) is 18.1. The summed E-state index contributed by atoms with van der Waals surface area (Å²) in [6.45, 7) is 4.51. The van der Waals surface area contributed by atoms with Crippen LogP contribution in [-0.2, 0) is 18.3 Å². The van der Waals surface area contributed by atoms with E-state index in [1.807, 2.05) is 24.3 Å². The van der Waals surface area contributed by atoms with Gasteiger partial charge in [-0.15, -0.1) is 0 Å². The summed E-state index contributed by atoms with van der Waals surface area (Å²) in [6, 6.07) is 12.3. The van der Waals surface area contributed by atoms with E-state index in [9.17, 15) is 10.2 Å². The van der Waals surface area contributed by atoms with Gasteiger partial charge in [0, 0.05) is 5.41 Å². The van der Waals surface area contributed by atoms with E-state index >= 15 is 0 Å². The molecule has 2 N–H and O–H groups in total. The first-order chi connectivity index (χ1) is 15.6. The van der Waals surface area contributed by atoms with Gasteiger partial charge in [0.1, 0.15) is 11.5 Å². The first-order valence-electron chi connectivity index (χ1n) is 13.3. The Kier molecular flexibility index (Phi) is 9.51. The first kappa shape index (κ1) is 24.7. The highest BCUT2D eigenvalue weighted by atomic mass is 16.3. The van der Waals surface area contributed by atoms with Crippen molar-refractivity contribution in [2.75, 3.05) is 0 Å². The van der Waals surface area contributed by atoms with E-state index < -0.39 is 0 Å². The molecule has 2 heteroatoms. The van der Waals surface area contributed by atoms with Gasteiger partial charge in [-0.1, -0.05) is 83.8 Å². The fourth-order valence-electron chi connectivity index (χ4n) is 5.83. The fourth-order valence-corrected chi connectivity index (χ4v) is 5.83. The van der Waals surface area contributed by atoms with Crippen LogP contribution in [0.15, 0.2) is 36.4 Å². The van der Waals surface area contributed by atoms with Gasteiger partial charge in [0.15, 0.2) is 0 Å². The molecule has 1 fully saturated rings. The van der Waals surface area contributed by atoms with E-state index in [0.717, 1.165) is 25.7 Å². The summed E-state index contributed by atoms with van der Waals surface area (Å²) >= 11 is 0. The Hall–Kier alpha value is -1.96. The molecule has 2 aromatic carbocycles. The number of unbranched alkanes of at least 4 members (excludes halogenated alkanes) is 6. The predicted octanol–water partition coefficient (Wildman–Crippen LogP) is 8.59. The van der Waals surface area contributed by atoms with E-state index in [2.05, 4.69) is 26.0 Å². The molecule has 0 bridgehead atoms. The monoisotopic (exact) mass is 436 g/mol. The number of phenolic OH excluding ortho intramolecular Hbond substituents is 2. The average Bonchev–Trinajstić information content (AvgIpc) is 2.80. The number of hydrogen-bond acceptors (Lipinski definition) is 2. The third-order valence-corrected chi connectivity index (χ3v) is 7.52. The molecule has 2 nitrogen and oxygen atoms in total. The molecule has 1 aliphatic carbocycles. The normalized spacial score (nSPS) is 15.7. The standard InChI is InChI=1S/C30H44O2/c1-3-5-7-10-14-24-22-26(31)16-18-28(24)30(20-12-9-13-21-30)29-19-17-27(32)23-25(29)15-11-8-6-4-2/h16-19,22-23,31-32H,3-15,20-21H2,1-2H3. The smallest absolute Gasteiger partial charge is 0.115 e. The zero-order chi connectivity index (χ0) is 22.8. The topological polar surface area (TPSA) is 40.5 Å². The zero-order valence-corrected chi connectivity index (χ0v) is 20.5. The van der Waals surface area contributed by atoms with Crippen LogP contribution in [0.1, 0.15) is 120 Å². The summed E-state index contributed by atoms with van der Waals surface area (Å²) in [5.41, 5.74) is 5.50. The predicted molar refractivity (Wildman–Crippen MR) is 136 cm³/mol. The molecule has 3 rings (SSSR count). The minimum Gasteiger partial charge on any atom is -0.508 e. The number of rotatable bonds is 12. The molecule has 0 heterocycles. The van der Waals surface area contributed by atoms with Crippen molar-refractivity contribution in [2.45, 2.75) is 116 Å². The fraction of sp³-hybridized carbons (Fsp3) is 0.600. The van der Waals surface area contributed by atoms with Crippen LogP contribution in [0.5, 0.6) is 11.5 Å². The Morgan fingerprint density at radius 1 is 0.625 bits per heavy atom. The van der Waals surface area contributed by atoms with Crippen molar-refractivity contribution in [3.63, 3.8) is 0 Å². The van der Waals surface area contributed by atoms with Crippen molar-refractivity contribution < 1.29 is 10.2 Å². The summed E-state index contributed by atoms with van der Waals surface area (Å²) in [5, 5.41) is 20.6. The highest BCUT2D eigenvalue weighted by Crippen LogP contribution is 2.48. The molecule has 1 saturated carbocycles. The number of benzene rings is 2. The second-order valence-corrected chi connectivity index (χ2v) is 9.95. The molecule has 0 spiro atoms. The first-order valence-corrected chi connectivity index (χ1v) is 13.3. The van der Waals surface area contributed by atoms with Crippen LogP contribution in [0.4, 0.5) is 0 Å². The summed E-state index contributed by atoms with van der Waals surface area (Å²) in [5.74, 6) is 0.770. The average molecular weight is 437 g/mol. The van der Waals surface area contributed by atoms with Crippen LogP contribution in [-0.4, -0.2) is 10.2 Å². The minimum atomic E-state index is -0.000169. The zero-order valence-electron chi connectivity index (χ0n) is 20.5. The van der Waals surface area contributed by atoms with Gasteiger partial charge >= 0.3 is 0 Å². The van der Waals surface area contributed by atoms with Crippen molar-refractivity contribution in [1.82, 2.24) is 0 Å². The summed E-state index contributed by atoms with van der Waals surface area (Å²) in [7, 11) is 0. The number of hydrogen-bond donors (Lipinski definition) is 2. The maximum atomic E-state index is 10.3. The van der Waals surface area contributed by atoms with E-state index in [4.69, 9.17) is 0 Å². The SMILES string of the molecule is CCCCCCc1cc(O)ccc1C1(c2ccc(O)cc2CCCCCC)CCCCC1. The van der Waals surface area contributed by atoms with Gasteiger partial charge in [-0.2, -0.15) is 0 Å². The third-order valence-electron chi connectivity index (χ3n) is 7.52. The molecule has 0 radical (unpaired) electrons. The van der Waals surface area contributed by atoms with Crippen LogP contribution in [0.3, 0.4) is 0 Å². The quantitative estimate of drug-likeness (QED) is 0.327. The van der Waals surface area contributed by atoms with Gasteiger partial charge in [-0.3, -0.25) is 0 Å². The van der Waals surface area contributed by atoms with Crippen molar-refractivity contribution in [2.24, 2.45) is 0 Å². The second-order valence-electron chi connectivity index (χ2n) is 9.95. The lowest BCUT2D eigenvalue weighted by atomic mass is 9.62. The number of aromatic hydroxyl groups is 2. The van der Waals surface area contributed by atoms with Crippen LogP contribution >= 0.6 is 0 Å². The highest BCUT2D eigenvalue weighted by molar-refractivity contribution is 5.51. The van der Waals surface area contributed by atoms with Crippen molar-refractivity contribution >= 4 is 0 Å². The molecule has 32 heavy (non-hydrogen) atoms. The Morgan fingerprint density at radius 2 is 1.09 bits per heavy atom. The van der Waals surface area contributed by atoms with Crippen LogP contribution in [0, 0.1) is 0 Å². The molecule has 2 aromatic rings. The molecule has 0 unspecified atom stereocenters. The van der Waals surface area contributed by atoms with E-state index in [1.165, 1.54) is 92.9 Å². The van der Waals surface area contributed by atoms with Gasteiger partial charge in [-0.05, 0) is 85.0 Å². The Bertz CT molecular complexity index is 769. The lowest BCUT2D eigenvalue weighted by Gasteiger charge is -2.41. The van der Waals surface area contributed by atoms with Gasteiger partial charge in [0.2, 0.25) is 0 Å². The molecule has 0 aromatic heterocycles. The van der Waals surface area contributed by atoms with Crippen molar-refractivity contribution in [1.29, 1.82) is 0 Å². The lowest BCUT2D eigenvalue weighted by molar-refractivity contribution is 0.340. The van der Waals surface area contributed by atoms with Gasteiger partial charge < -0.3 is 10.2 Å². The van der Waals surface area contributed by atoms with Crippen LogP contribution in [0.25, 0.3) is 0 Å². The Balaban J connectivity index is 2.01. The molecule has 1 aliphatic rings. The third kappa shape index (κ3) is 6.09. The van der Waals surface area contributed by atoms with E-state index in [0.29, 0.717) is 11.5 Å². The van der Waals surface area contributed by atoms with E-state index in [-0.39, 0.29) is 5.41 Å². The van der Waals surface area contributed by atoms with Crippen molar-refractivity contribution in [3.8, 4) is 11.5 Å². The van der Waals surface area contributed by atoms with Gasteiger partial charge in [0.25, 0.3) is 0 Å². The summed E-state index contributed by atoms with van der Waals surface area (Å²) in [4.78, 5) is 0. The Labute approximate surface area is 196 Å². The largest absolute Gasteiger partial charge is 0.508 e. The molecule has 176 valence electrons. The van der Waals surface area contributed by atoms with Gasteiger partial charge in [0.05, 0.1) is 0 Å². The van der Waals surface area contributed by atoms with E-state index in [1.54, 1.807) is 0 Å². The Morgan fingerprint density at radius 3 is 1.53 bits per heavy atom. The highest BCUT2D eigenvalue weighted by Gasteiger charge is 2.38. The van der Waals surface area contributed by atoms with Crippen molar-refractivity contribution in [3.05, 3.63) is 58.7 Å². The second kappa shape index (κ2) is 12.3. The lowest BCUT2D eigenvalue weighted by Crippen LogP contribution is -2.33. The maximum Gasteiger partial charge on any atom is 0.115 e. The number of phenols is 2. The van der Waals surface area contributed by atoms with Crippen LogP contribution in [0.2, 0.25) is 0 Å². The molecule has 0 aliphatic heterocycles.